The van der Waals surface area contributed by atoms with Crippen LogP contribution in [0.4, 0.5) is 10.1 Å². The predicted octanol–water partition coefficient (Wildman–Crippen LogP) is 4.17. The number of hydrogen-bond acceptors (Lipinski definition) is 4. The Hall–Kier alpha value is -2.45. The van der Waals surface area contributed by atoms with Gasteiger partial charge in [0.15, 0.2) is 5.03 Å². The summed E-state index contributed by atoms with van der Waals surface area (Å²) in [5.74, 6) is -0.742. The van der Waals surface area contributed by atoms with Gasteiger partial charge in [-0.15, -0.1) is 0 Å². The van der Waals surface area contributed by atoms with Gasteiger partial charge in [-0.05, 0) is 48.9 Å². The summed E-state index contributed by atoms with van der Waals surface area (Å²) in [5.41, 5.74) is 1.27. The number of halogens is 2. The summed E-state index contributed by atoms with van der Waals surface area (Å²) in [5, 5.41) is 2.82. The molecule has 0 atom stereocenters. The minimum Gasteiger partial charge on any atom is -0.325 e. The van der Waals surface area contributed by atoms with Gasteiger partial charge in [-0.25, -0.2) is 9.37 Å². The minimum absolute atomic E-state index is 0.0118. The maximum Gasteiger partial charge on any atom is 0.287 e. The van der Waals surface area contributed by atoms with Crippen LogP contribution in [0.1, 0.15) is 5.56 Å². The zero-order valence-corrected chi connectivity index (χ0v) is 16.7. The fraction of sp³-hybridized carbons (Fsp3) is 0.105. The summed E-state index contributed by atoms with van der Waals surface area (Å²) in [6, 6.07) is 11.8. The summed E-state index contributed by atoms with van der Waals surface area (Å²) < 4.78 is 15.9. The van der Waals surface area contributed by atoms with Gasteiger partial charge < -0.3 is 5.32 Å². The Morgan fingerprint density at radius 1 is 1.26 bits per heavy atom. The van der Waals surface area contributed by atoms with Gasteiger partial charge in [-0.2, -0.15) is 0 Å². The number of hydrogen-bond donors (Lipinski definition) is 1. The molecule has 1 amide bonds. The summed E-state index contributed by atoms with van der Waals surface area (Å²) in [6.45, 7) is 1.65. The van der Waals surface area contributed by atoms with Crippen molar-refractivity contribution in [1.82, 2.24) is 9.55 Å². The monoisotopic (exact) mass is 447 g/mol. The number of aryl methyl sites for hydroxylation is 1. The van der Waals surface area contributed by atoms with Gasteiger partial charge in [0.25, 0.3) is 5.56 Å². The Balaban J connectivity index is 1.70. The first-order valence-electron chi connectivity index (χ1n) is 7.96. The first kappa shape index (κ1) is 19.3. The van der Waals surface area contributed by atoms with Crippen LogP contribution in [0.5, 0.6) is 0 Å². The highest BCUT2D eigenvalue weighted by Gasteiger charge is 2.11. The number of carbonyl (C=O) groups is 1. The highest BCUT2D eigenvalue weighted by molar-refractivity contribution is 9.10. The minimum atomic E-state index is -0.387. The number of thioether (sulfide) groups is 1. The maximum absolute atomic E-state index is 13.6. The van der Waals surface area contributed by atoms with E-state index in [-0.39, 0.29) is 28.1 Å². The van der Waals surface area contributed by atoms with Crippen LogP contribution in [0, 0.1) is 12.7 Å². The van der Waals surface area contributed by atoms with Crippen molar-refractivity contribution in [1.29, 1.82) is 0 Å². The zero-order chi connectivity index (χ0) is 19.4. The summed E-state index contributed by atoms with van der Waals surface area (Å²) in [6.07, 6.45) is 3.09. The molecule has 138 valence electrons. The van der Waals surface area contributed by atoms with Gasteiger partial charge in [-0.3, -0.25) is 14.2 Å². The molecule has 1 aromatic heterocycles. The van der Waals surface area contributed by atoms with Gasteiger partial charge in [0.05, 0.1) is 5.75 Å². The van der Waals surface area contributed by atoms with E-state index >= 15 is 0 Å². The molecule has 1 N–H and O–H groups in total. The van der Waals surface area contributed by atoms with Crippen LogP contribution in [-0.2, 0) is 4.79 Å². The largest absolute Gasteiger partial charge is 0.325 e. The Morgan fingerprint density at radius 2 is 2.00 bits per heavy atom. The van der Waals surface area contributed by atoms with Crippen molar-refractivity contribution in [3.63, 3.8) is 0 Å². The Bertz CT molecular complexity index is 1040. The van der Waals surface area contributed by atoms with Gasteiger partial charge in [0.2, 0.25) is 5.91 Å². The van der Waals surface area contributed by atoms with Crippen LogP contribution in [-0.4, -0.2) is 21.2 Å². The molecule has 0 unspecified atom stereocenters. The SMILES string of the molecule is Cc1ccc(NC(=O)CSc2nccn(-c3ccc(Br)cc3)c2=O)cc1F. The van der Waals surface area contributed by atoms with Crippen LogP contribution in [0.25, 0.3) is 5.69 Å². The van der Waals surface area contributed by atoms with Gasteiger partial charge >= 0.3 is 0 Å². The quantitative estimate of drug-likeness (QED) is 0.596. The summed E-state index contributed by atoms with van der Waals surface area (Å²) in [7, 11) is 0. The lowest BCUT2D eigenvalue weighted by Gasteiger charge is -2.08. The second kappa shape index (κ2) is 8.49. The van der Waals surface area contributed by atoms with Gasteiger partial charge in [0, 0.05) is 28.2 Å². The van der Waals surface area contributed by atoms with Crippen molar-refractivity contribution in [2.45, 2.75) is 11.9 Å². The average Bonchev–Trinajstić information content (AvgIpc) is 2.65. The number of nitrogens with zero attached hydrogens (tertiary/aromatic N) is 2. The number of rotatable bonds is 5. The standard InChI is InChI=1S/C19H15BrFN3O2S/c1-12-2-5-14(10-16(12)21)23-17(25)11-27-18-19(26)24(9-8-22-18)15-6-3-13(20)4-7-15/h2-10H,11H2,1H3,(H,23,25). The van der Waals surface area contributed by atoms with Crippen molar-refractivity contribution < 1.29 is 9.18 Å². The first-order valence-corrected chi connectivity index (χ1v) is 9.74. The molecular formula is C19H15BrFN3O2S. The molecule has 5 nitrogen and oxygen atoms in total. The molecule has 0 aliphatic heterocycles. The lowest BCUT2D eigenvalue weighted by Crippen LogP contribution is -2.22. The number of amides is 1. The lowest BCUT2D eigenvalue weighted by atomic mass is 10.2. The number of carbonyl (C=O) groups excluding carboxylic acids is 1. The molecule has 3 rings (SSSR count). The molecule has 0 bridgehead atoms. The van der Waals surface area contributed by atoms with Crippen molar-refractivity contribution in [2.24, 2.45) is 0 Å². The Morgan fingerprint density at radius 3 is 2.70 bits per heavy atom. The van der Waals surface area contributed by atoms with E-state index in [1.165, 1.54) is 16.8 Å². The second-order valence-corrected chi connectivity index (χ2v) is 7.56. The van der Waals surface area contributed by atoms with Crippen LogP contribution in [0.15, 0.2) is 69.2 Å². The zero-order valence-electron chi connectivity index (χ0n) is 14.3. The molecule has 8 heteroatoms. The van der Waals surface area contributed by atoms with E-state index in [0.717, 1.165) is 16.2 Å². The molecule has 0 fully saturated rings. The molecule has 3 aromatic rings. The normalized spacial score (nSPS) is 10.6. The molecule has 0 aliphatic carbocycles. The molecule has 0 spiro atoms. The third-order valence-corrected chi connectivity index (χ3v) is 5.20. The number of aromatic nitrogens is 2. The van der Waals surface area contributed by atoms with Crippen molar-refractivity contribution in [2.75, 3.05) is 11.1 Å². The van der Waals surface area contributed by atoms with E-state index in [2.05, 4.69) is 26.2 Å². The number of benzene rings is 2. The average molecular weight is 448 g/mol. The van der Waals surface area contributed by atoms with Gasteiger partial charge in [0.1, 0.15) is 5.82 Å². The molecule has 1 heterocycles. The maximum atomic E-state index is 13.6. The van der Waals surface area contributed by atoms with Crippen LogP contribution >= 0.6 is 27.7 Å². The molecule has 0 saturated carbocycles. The van der Waals surface area contributed by atoms with E-state index in [9.17, 15) is 14.0 Å². The van der Waals surface area contributed by atoms with Crippen molar-refractivity contribution in [3.05, 3.63) is 81.1 Å². The first-order chi connectivity index (χ1) is 12.9. The fourth-order valence-electron chi connectivity index (χ4n) is 2.30. The molecule has 2 aromatic carbocycles. The number of anilines is 1. The third kappa shape index (κ3) is 4.84. The number of nitrogens with one attached hydrogen (secondary N) is 1. The smallest absolute Gasteiger partial charge is 0.287 e. The summed E-state index contributed by atoms with van der Waals surface area (Å²) >= 11 is 4.39. The van der Waals surface area contributed by atoms with E-state index in [1.807, 2.05) is 12.1 Å². The molecule has 27 heavy (non-hydrogen) atoms. The Labute approximate surface area is 167 Å². The third-order valence-electron chi connectivity index (χ3n) is 3.71. The molecular weight excluding hydrogens is 433 g/mol. The Kier molecular flexibility index (Phi) is 6.08. The highest BCUT2D eigenvalue weighted by Crippen LogP contribution is 2.17. The fourth-order valence-corrected chi connectivity index (χ4v) is 3.26. The van der Waals surface area contributed by atoms with E-state index < -0.39 is 0 Å². The van der Waals surface area contributed by atoms with Crippen molar-refractivity contribution in [3.8, 4) is 5.69 Å². The molecule has 0 aliphatic rings. The molecule has 0 radical (unpaired) electrons. The van der Waals surface area contributed by atoms with E-state index in [4.69, 9.17) is 0 Å². The highest BCUT2D eigenvalue weighted by atomic mass is 79.9. The van der Waals surface area contributed by atoms with Crippen LogP contribution in [0.2, 0.25) is 0 Å². The lowest BCUT2D eigenvalue weighted by molar-refractivity contribution is -0.113. The van der Waals surface area contributed by atoms with Crippen molar-refractivity contribution >= 4 is 39.3 Å². The molecule has 0 saturated heterocycles. The topological polar surface area (TPSA) is 64.0 Å². The van der Waals surface area contributed by atoms with Crippen LogP contribution in [0.3, 0.4) is 0 Å². The second-order valence-electron chi connectivity index (χ2n) is 5.68. The van der Waals surface area contributed by atoms with E-state index in [0.29, 0.717) is 16.9 Å². The summed E-state index contributed by atoms with van der Waals surface area (Å²) in [4.78, 5) is 28.8. The van der Waals surface area contributed by atoms with Crippen LogP contribution < -0.4 is 10.9 Å². The van der Waals surface area contributed by atoms with Gasteiger partial charge in [-0.1, -0.05) is 33.8 Å². The predicted molar refractivity (Wildman–Crippen MR) is 108 cm³/mol. The van der Waals surface area contributed by atoms with E-state index in [1.54, 1.807) is 37.4 Å².